The minimum absolute atomic E-state index is 0.269. The Morgan fingerprint density at radius 3 is 2.38 bits per heavy atom. The molecule has 2 nitrogen and oxygen atoms in total. The molecular formula is C19H29NO. The van der Waals surface area contributed by atoms with Gasteiger partial charge in [-0.2, -0.15) is 0 Å². The van der Waals surface area contributed by atoms with E-state index in [-0.39, 0.29) is 5.78 Å². The Morgan fingerprint density at radius 2 is 1.81 bits per heavy atom. The summed E-state index contributed by atoms with van der Waals surface area (Å²) in [6.45, 7) is 13.7. The summed E-state index contributed by atoms with van der Waals surface area (Å²) in [4.78, 5) is 14.8. The molecule has 2 rings (SSSR count). The third-order valence-electron chi connectivity index (χ3n) is 4.87. The van der Waals surface area contributed by atoms with Gasteiger partial charge in [0.15, 0.2) is 5.78 Å². The lowest BCUT2D eigenvalue weighted by molar-refractivity contribution is 0.0821. The molecule has 0 amide bonds. The number of ketones is 1. The van der Waals surface area contributed by atoms with Crippen molar-refractivity contribution in [2.75, 3.05) is 19.6 Å². The van der Waals surface area contributed by atoms with Crippen LogP contribution in [0.3, 0.4) is 0 Å². The van der Waals surface area contributed by atoms with Gasteiger partial charge in [-0.3, -0.25) is 9.69 Å². The van der Waals surface area contributed by atoms with E-state index in [1.54, 1.807) is 0 Å². The van der Waals surface area contributed by atoms with E-state index >= 15 is 0 Å². The predicted octanol–water partition coefficient (Wildman–Crippen LogP) is 4.24. The number of piperidine rings is 1. The first-order chi connectivity index (χ1) is 9.77. The van der Waals surface area contributed by atoms with Gasteiger partial charge in [0.25, 0.3) is 0 Å². The number of benzene rings is 1. The molecule has 0 aliphatic carbocycles. The first kappa shape index (κ1) is 16.2. The number of aryl methyl sites for hydroxylation is 2. The van der Waals surface area contributed by atoms with Crippen molar-refractivity contribution in [1.29, 1.82) is 0 Å². The van der Waals surface area contributed by atoms with Crippen LogP contribution in [0, 0.1) is 25.2 Å². The van der Waals surface area contributed by atoms with Crippen LogP contribution in [-0.4, -0.2) is 30.3 Å². The largest absolute Gasteiger partial charge is 0.296 e. The third-order valence-corrected chi connectivity index (χ3v) is 4.87. The van der Waals surface area contributed by atoms with E-state index < -0.39 is 0 Å². The van der Waals surface area contributed by atoms with Crippen molar-refractivity contribution in [1.82, 2.24) is 4.90 Å². The SMILES string of the molecule is Cc1ccc(C)c(C(=O)CN2CCC(C(C)(C)C)CC2)c1. The molecule has 1 heterocycles. The summed E-state index contributed by atoms with van der Waals surface area (Å²) < 4.78 is 0. The first-order valence-corrected chi connectivity index (χ1v) is 8.10. The lowest BCUT2D eigenvalue weighted by atomic mass is 9.75. The maximum absolute atomic E-state index is 12.5. The molecule has 0 N–H and O–H groups in total. The highest BCUT2D eigenvalue weighted by atomic mass is 16.1. The summed E-state index contributed by atoms with van der Waals surface area (Å²) in [6, 6.07) is 6.15. The third kappa shape index (κ3) is 4.16. The molecule has 0 atom stereocenters. The van der Waals surface area contributed by atoms with Crippen LogP contribution in [0.1, 0.15) is 55.1 Å². The van der Waals surface area contributed by atoms with Crippen LogP contribution in [0.5, 0.6) is 0 Å². The number of likely N-dealkylation sites (tertiary alicyclic amines) is 1. The molecular weight excluding hydrogens is 258 g/mol. The summed E-state index contributed by atoms with van der Waals surface area (Å²) >= 11 is 0. The number of carbonyl (C=O) groups excluding carboxylic acids is 1. The Bertz CT molecular complexity index is 505. The maximum atomic E-state index is 12.5. The fourth-order valence-electron chi connectivity index (χ4n) is 3.28. The summed E-state index contributed by atoms with van der Waals surface area (Å²) in [6.07, 6.45) is 2.42. The average Bonchev–Trinajstić information content (AvgIpc) is 2.41. The van der Waals surface area contributed by atoms with E-state index in [9.17, 15) is 4.79 Å². The van der Waals surface area contributed by atoms with E-state index in [4.69, 9.17) is 0 Å². The second-order valence-electron chi connectivity index (χ2n) is 7.66. The lowest BCUT2D eigenvalue weighted by Gasteiger charge is -2.38. The van der Waals surface area contributed by atoms with Crippen LogP contribution in [-0.2, 0) is 0 Å². The van der Waals surface area contributed by atoms with E-state index in [0.29, 0.717) is 12.0 Å². The number of nitrogens with zero attached hydrogens (tertiary/aromatic N) is 1. The van der Waals surface area contributed by atoms with E-state index in [1.165, 1.54) is 12.8 Å². The normalized spacial score (nSPS) is 18.0. The zero-order chi connectivity index (χ0) is 15.6. The van der Waals surface area contributed by atoms with Crippen LogP contribution in [0.25, 0.3) is 0 Å². The number of Topliss-reactive ketones (excluding diaryl/α,β-unsaturated/α-hetero) is 1. The van der Waals surface area contributed by atoms with Crippen LogP contribution in [0.2, 0.25) is 0 Å². The molecule has 21 heavy (non-hydrogen) atoms. The molecule has 0 radical (unpaired) electrons. The number of hydrogen-bond acceptors (Lipinski definition) is 2. The van der Waals surface area contributed by atoms with Crippen molar-refractivity contribution >= 4 is 5.78 Å². The number of rotatable bonds is 3. The van der Waals surface area contributed by atoms with Gasteiger partial charge in [0, 0.05) is 5.56 Å². The summed E-state index contributed by atoms with van der Waals surface area (Å²) in [7, 11) is 0. The highest BCUT2D eigenvalue weighted by Gasteiger charge is 2.29. The van der Waals surface area contributed by atoms with Crippen molar-refractivity contribution in [3.05, 3.63) is 34.9 Å². The second-order valence-corrected chi connectivity index (χ2v) is 7.66. The Kier molecular flexibility index (Phi) is 4.88. The Balaban J connectivity index is 1.94. The van der Waals surface area contributed by atoms with Gasteiger partial charge in [-0.05, 0) is 62.7 Å². The second kappa shape index (κ2) is 6.31. The van der Waals surface area contributed by atoms with Crippen LogP contribution in [0.15, 0.2) is 18.2 Å². The van der Waals surface area contributed by atoms with Gasteiger partial charge in [-0.15, -0.1) is 0 Å². The van der Waals surface area contributed by atoms with Gasteiger partial charge < -0.3 is 0 Å². The first-order valence-electron chi connectivity index (χ1n) is 8.10. The molecule has 1 aromatic carbocycles. The molecule has 0 unspecified atom stereocenters. The van der Waals surface area contributed by atoms with Crippen molar-refractivity contribution in [2.45, 2.75) is 47.5 Å². The molecule has 1 saturated heterocycles. The van der Waals surface area contributed by atoms with Gasteiger partial charge >= 0.3 is 0 Å². The van der Waals surface area contributed by atoms with Crippen molar-refractivity contribution in [2.24, 2.45) is 11.3 Å². The van der Waals surface area contributed by atoms with Crippen molar-refractivity contribution in [3.63, 3.8) is 0 Å². The highest BCUT2D eigenvalue weighted by Crippen LogP contribution is 2.34. The molecule has 2 heteroatoms. The molecule has 0 spiro atoms. The zero-order valence-electron chi connectivity index (χ0n) is 14.2. The fourth-order valence-corrected chi connectivity index (χ4v) is 3.28. The maximum Gasteiger partial charge on any atom is 0.177 e. The summed E-state index contributed by atoms with van der Waals surface area (Å²) in [5.41, 5.74) is 3.54. The van der Waals surface area contributed by atoms with Crippen LogP contribution < -0.4 is 0 Å². The minimum atomic E-state index is 0.269. The standard InChI is InChI=1S/C19H29NO/c1-14-6-7-15(2)17(12-14)18(21)13-20-10-8-16(9-11-20)19(3,4)5/h6-7,12,16H,8-11,13H2,1-5H3. The fraction of sp³-hybridized carbons (Fsp3) is 0.632. The van der Waals surface area contributed by atoms with E-state index in [0.717, 1.165) is 35.7 Å². The molecule has 1 aliphatic rings. The topological polar surface area (TPSA) is 20.3 Å². The number of carbonyl (C=O) groups is 1. The average molecular weight is 287 g/mol. The molecule has 0 aromatic heterocycles. The molecule has 0 saturated carbocycles. The molecule has 1 aromatic rings. The van der Waals surface area contributed by atoms with Crippen molar-refractivity contribution in [3.8, 4) is 0 Å². The Hall–Kier alpha value is -1.15. The van der Waals surface area contributed by atoms with Crippen LogP contribution >= 0.6 is 0 Å². The van der Waals surface area contributed by atoms with Crippen LogP contribution in [0.4, 0.5) is 0 Å². The van der Waals surface area contributed by atoms with Gasteiger partial charge in [0.05, 0.1) is 6.54 Å². The van der Waals surface area contributed by atoms with Crippen molar-refractivity contribution < 1.29 is 4.79 Å². The molecule has 1 aliphatic heterocycles. The minimum Gasteiger partial charge on any atom is -0.296 e. The summed E-state index contributed by atoms with van der Waals surface area (Å²) in [5, 5.41) is 0. The van der Waals surface area contributed by atoms with Gasteiger partial charge in [-0.25, -0.2) is 0 Å². The Morgan fingerprint density at radius 1 is 1.19 bits per heavy atom. The molecule has 116 valence electrons. The quantitative estimate of drug-likeness (QED) is 0.775. The van der Waals surface area contributed by atoms with Gasteiger partial charge in [-0.1, -0.05) is 38.5 Å². The lowest BCUT2D eigenvalue weighted by Crippen LogP contribution is -2.40. The van der Waals surface area contributed by atoms with Gasteiger partial charge in [0.1, 0.15) is 0 Å². The molecule has 1 fully saturated rings. The number of hydrogen-bond donors (Lipinski definition) is 0. The molecule has 0 bridgehead atoms. The predicted molar refractivity (Wildman–Crippen MR) is 88.9 cm³/mol. The highest BCUT2D eigenvalue weighted by molar-refractivity contribution is 5.99. The smallest absolute Gasteiger partial charge is 0.177 e. The van der Waals surface area contributed by atoms with E-state index in [1.807, 2.05) is 19.9 Å². The van der Waals surface area contributed by atoms with Gasteiger partial charge in [0.2, 0.25) is 0 Å². The Labute approximate surface area is 129 Å². The summed E-state index contributed by atoms with van der Waals surface area (Å²) in [5.74, 6) is 1.05. The van der Waals surface area contributed by atoms with E-state index in [2.05, 4.69) is 37.8 Å². The monoisotopic (exact) mass is 287 g/mol. The zero-order valence-corrected chi connectivity index (χ0v) is 14.2.